The molecule has 0 aliphatic heterocycles. The molecular weight excluding hydrogens is 262 g/mol. The number of methoxy groups -OCH3 is 1. The summed E-state index contributed by atoms with van der Waals surface area (Å²) in [5.41, 5.74) is 3.20. The van der Waals surface area contributed by atoms with E-state index in [1.807, 2.05) is 24.3 Å². The van der Waals surface area contributed by atoms with Gasteiger partial charge in [-0.05, 0) is 23.6 Å². The van der Waals surface area contributed by atoms with Gasteiger partial charge in [-0.15, -0.1) is 11.3 Å². The Morgan fingerprint density at radius 2 is 2.00 bits per heavy atom. The standard InChI is InChI=1S/C14H11NOS2/c1-16-13-5-3-2-4-11(13)12-9-18-14(15-12)10-6-7-17-8-10/h2-9H,1H3. The molecule has 0 saturated heterocycles. The molecule has 2 heterocycles. The van der Waals surface area contributed by atoms with E-state index >= 15 is 0 Å². The molecule has 0 fully saturated rings. The largest absolute Gasteiger partial charge is 0.496 e. The van der Waals surface area contributed by atoms with Gasteiger partial charge in [-0.1, -0.05) is 12.1 Å². The quantitative estimate of drug-likeness (QED) is 0.698. The fourth-order valence-electron chi connectivity index (χ4n) is 1.77. The molecule has 0 N–H and O–H groups in total. The van der Waals surface area contributed by atoms with Gasteiger partial charge in [0, 0.05) is 21.9 Å². The predicted octanol–water partition coefficient (Wildman–Crippen LogP) is 4.55. The lowest BCUT2D eigenvalue weighted by molar-refractivity contribution is 0.416. The van der Waals surface area contributed by atoms with Crippen LogP contribution in [0, 0.1) is 0 Å². The van der Waals surface area contributed by atoms with E-state index in [9.17, 15) is 0 Å². The lowest BCUT2D eigenvalue weighted by Crippen LogP contribution is -1.87. The molecule has 0 unspecified atom stereocenters. The first-order valence-corrected chi connectivity index (χ1v) is 7.32. The smallest absolute Gasteiger partial charge is 0.128 e. The highest BCUT2D eigenvalue weighted by Gasteiger charge is 2.10. The molecule has 0 radical (unpaired) electrons. The molecule has 0 aliphatic rings. The Kier molecular flexibility index (Phi) is 3.13. The molecule has 0 atom stereocenters. The normalized spacial score (nSPS) is 10.5. The number of thiophene rings is 1. The van der Waals surface area contributed by atoms with Gasteiger partial charge in [-0.2, -0.15) is 11.3 Å². The van der Waals surface area contributed by atoms with Gasteiger partial charge in [0.15, 0.2) is 0 Å². The Morgan fingerprint density at radius 3 is 2.78 bits per heavy atom. The maximum absolute atomic E-state index is 5.37. The topological polar surface area (TPSA) is 22.1 Å². The van der Waals surface area contributed by atoms with Gasteiger partial charge in [-0.25, -0.2) is 4.98 Å². The molecular formula is C14H11NOS2. The Bertz CT molecular complexity index is 643. The van der Waals surface area contributed by atoms with Crippen molar-refractivity contribution in [3.05, 3.63) is 46.5 Å². The van der Waals surface area contributed by atoms with Gasteiger partial charge in [0.1, 0.15) is 10.8 Å². The lowest BCUT2D eigenvalue weighted by Gasteiger charge is -2.04. The predicted molar refractivity (Wildman–Crippen MR) is 77.4 cm³/mol. The number of hydrogen-bond acceptors (Lipinski definition) is 4. The van der Waals surface area contributed by atoms with Crippen molar-refractivity contribution >= 4 is 22.7 Å². The monoisotopic (exact) mass is 273 g/mol. The SMILES string of the molecule is COc1ccccc1-c1csc(-c2ccsc2)n1. The Morgan fingerprint density at radius 1 is 1.11 bits per heavy atom. The number of ether oxygens (including phenoxy) is 1. The van der Waals surface area contributed by atoms with E-state index < -0.39 is 0 Å². The molecule has 0 bridgehead atoms. The Hall–Kier alpha value is -1.65. The molecule has 1 aromatic carbocycles. The van der Waals surface area contributed by atoms with Crippen molar-refractivity contribution in [3.8, 4) is 27.6 Å². The van der Waals surface area contributed by atoms with Gasteiger partial charge < -0.3 is 4.74 Å². The van der Waals surface area contributed by atoms with Crippen LogP contribution in [-0.4, -0.2) is 12.1 Å². The van der Waals surface area contributed by atoms with Crippen LogP contribution in [0.5, 0.6) is 5.75 Å². The number of benzene rings is 1. The van der Waals surface area contributed by atoms with Crippen LogP contribution in [0.2, 0.25) is 0 Å². The van der Waals surface area contributed by atoms with Crippen LogP contribution in [0.25, 0.3) is 21.8 Å². The molecule has 2 aromatic heterocycles. The summed E-state index contributed by atoms with van der Waals surface area (Å²) in [7, 11) is 1.69. The zero-order valence-corrected chi connectivity index (χ0v) is 11.4. The zero-order chi connectivity index (χ0) is 12.4. The van der Waals surface area contributed by atoms with E-state index in [1.54, 1.807) is 29.8 Å². The van der Waals surface area contributed by atoms with Crippen molar-refractivity contribution in [1.29, 1.82) is 0 Å². The number of nitrogens with zero attached hydrogens (tertiary/aromatic N) is 1. The first-order chi connectivity index (χ1) is 8.88. The van der Waals surface area contributed by atoms with Gasteiger partial charge >= 0.3 is 0 Å². The van der Waals surface area contributed by atoms with Crippen molar-refractivity contribution in [2.45, 2.75) is 0 Å². The average Bonchev–Trinajstić information content (AvgIpc) is 3.09. The first kappa shape index (κ1) is 11.4. The van der Waals surface area contributed by atoms with Crippen molar-refractivity contribution in [2.75, 3.05) is 7.11 Å². The summed E-state index contributed by atoms with van der Waals surface area (Å²) in [5, 5.41) is 7.31. The summed E-state index contributed by atoms with van der Waals surface area (Å²) in [4.78, 5) is 4.68. The van der Waals surface area contributed by atoms with E-state index in [4.69, 9.17) is 4.74 Å². The van der Waals surface area contributed by atoms with E-state index in [0.29, 0.717) is 0 Å². The minimum absolute atomic E-state index is 0.861. The summed E-state index contributed by atoms with van der Waals surface area (Å²) in [6.45, 7) is 0. The number of aromatic nitrogens is 1. The van der Waals surface area contributed by atoms with Gasteiger partial charge in [0.2, 0.25) is 0 Å². The van der Waals surface area contributed by atoms with E-state index in [-0.39, 0.29) is 0 Å². The maximum atomic E-state index is 5.37. The van der Waals surface area contributed by atoms with Crippen molar-refractivity contribution in [3.63, 3.8) is 0 Å². The molecule has 4 heteroatoms. The third-order valence-electron chi connectivity index (χ3n) is 2.66. The Balaban J connectivity index is 2.03. The summed E-state index contributed by atoms with van der Waals surface area (Å²) in [6.07, 6.45) is 0. The number of thiazole rings is 1. The lowest BCUT2D eigenvalue weighted by atomic mass is 10.1. The summed E-state index contributed by atoms with van der Waals surface area (Å²) < 4.78 is 5.37. The van der Waals surface area contributed by atoms with E-state index in [1.165, 1.54) is 5.56 Å². The van der Waals surface area contributed by atoms with Crippen LogP contribution < -0.4 is 4.74 Å². The number of para-hydroxylation sites is 1. The first-order valence-electron chi connectivity index (χ1n) is 5.50. The highest BCUT2D eigenvalue weighted by molar-refractivity contribution is 7.14. The molecule has 18 heavy (non-hydrogen) atoms. The fraction of sp³-hybridized carbons (Fsp3) is 0.0714. The third-order valence-corrected chi connectivity index (χ3v) is 4.23. The molecule has 0 spiro atoms. The Labute approximate surface area is 114 Å². The van der Waals surface area contributed by atoms with Crippen LogP contribution in [0.4, 0.5) is 0 Å². The van der Waals surface area contributed by atoms with Gasteiger partial charge in [0.25, 0.3) is 0 Å². The third kappa shape index (κ3) is 2.05. The second-order valence-corrected chi connectivity index (χ2v) is 5.39. The minimum Gasteiger partial charge on any atom is -0.496 e. The molecule has 0 aliphatic carbocycles. The molecule has 3 aromatic rings. The molecule has 3 rings (SSSR count). The van der Waals surface area contributed by atoms with Crippen molar-refractivity contribution in [2.24, 2.45) is 0 Å². The minimum atomic E-state index is 0.861. The fourth-order valence-corrected chi connectivity index (χ4v) is 3.30. The highest BCUT2D eigenvalue weighted by atomic mass is 32.1. The van der Waals surface area contributed by atoms with Gasteiger partial charge in [-0.3, -0.25) is 0 Å². The van der Waals surface area contributed by atoms with E-state index in [0.717, 1.165) is 22.0 Å². The van der Waals surface area contributed by atoms with Crippen LogP contribution >= 0.6 is 22.7 Å². The summed E-state index contributed by atoms with van der Waals surface area (Å²) in [5.74, 6) is 0.861. The van der Waals surface area contributed by atoms with Crippen LogP contribution in [-0.2, 0) is 0 Å². The molecule has 0 saturated carbocycles. The maximum Gasteiger partial charge on any atom is 0.128 e. The second-order valence-electron chi connectivity index (χ2n) is 3.75. The number of hydrogen-bond donors (Lipinski definition) is 0. The van der Waals surface area contributed by atoms with Crippen LogP contribution in [0.3, 0.4) is 0 Å². The number of rotatable bonds is 3. The highest BCUT2D eigenvalue weighted by Crippen LogP contribution is 2.34. The molecule has 0 amide bonds. The van der Waals surface area contributed by atoms with Crippen LogP contribution in [0.15, 0.2) is 46.5 Å². The van der Waals surface area contributed by atoms with Crippen molar-refractivity contribution < 1.29 is 4.74 Å². The van der Waals surface area contributed by atoms with Gasteiger partial charge in [0.05, 0.1) is 12.8 Å². The average molecular weight is 273 g/mol. The summed E-state index contributed by atoms with van der Waals surface area (Å²) >= 11 is 3.35. The molecule has 90 valence electrons. The summed E-state index contributed by atoms with van der Waals surface area (Å²) in [6, 6.07) is 10.1. The molecule has 2 nitrogen and oxygen atoms in total. The zero-order valence-electron chi connectivity index (χ0n) is 9.79. The van der Waals surface area contributed by atoms with Crippen molar-refractivity contribution in [1.82, 2.24) is 4.98 Å². The van der Waals surface area contributed by atoms with E-state index in [2.05, 4.69) is 27.2 Å². The van der Waals surface area contributed by atoms with Crippen LogP contribution in [0.1, 0.15) is 0 Å². The second kappa shape index (κ2) is 4.92.